The van der Waals surface area contributed by atoms with Crippen LogP contribution in [-0.2, 0) is 4.74 Å². The van der Waals surface area contributed by atoms with Crippen molar-refractivity contribution in [3.05, 3.63) is 86.9 Å². The number of anilines is 3. The summed E-state index contributed by atoms with van der Waals surface area (Å²) >= 11 is 3.43. The van der Waals surface area contributed by atoms with Gasteiger partial charge in [0.25, 0.3) is 0 Å². The van der Waals surface area contributed by atoms with Crippen LogP contribution in [0.2, 0.25) is 0 Å². The van der Waals surface area contributed by atoms with Crippen molar-refractivity contribution >= 4 is 50.5 Å². The molecule has 1 aliphatic carbocycles. The van der Waals surface area contributed by atoms with Crippen LogP contribution in [0.25, 0.3) is 0 Å². The number of nitrogens with one attached hydrogen (secondary N) is 1. The van der Waals surface area contributed by atoms with E-state index in [1.165, 1.54) is 44.9 Å². The smallest absolute Gasteiger partial charge is 0.338 e. The molecule has 1 aliphatic rings. The second-order valence-electron chi connectivity index (χ2n) is 10.3. The number of hydrogen-bond acceptors (Lipinski definition) is 6. The van der Waals surface area contributed by atoms with E-state index in [0.717, 1.165) is 19.3 Å². The highest BCUT2D eigenvalue weighted by atomic mass is 79.9. The third-order valence-electron chi connectivity index (χ3n) is 7.30. The summed E-state index contributed by atoms with van der Waals surface area (Å²) in [6.07, 6.45) is 12.2. The fourth-order valence-electron chi connectivity index (χ4n) is 5.10. The minimum atomic E-state index is -0.389. The van der Waals surface area contributed by atoms with E-state index in [4.69, 9.17) is 10.5 Å². The molecule has 3 aromatic carbocycles. The zero-order valence-electron chi connectivity index (χ0n) is 23.1. The van der Waals surface area contributed by atoms with Crippen LogP contribution < -0.4 is 11.1 Å². The van der Waals surface area contributed by atoms with Gasteiger partial charge in [-0.3, -0.25) is 9.59 Å². The molecule has 0 amide bonds. The number of ether oxygens (including phenoxy) is 1. The van der Waals surface area contributed by atoms with Crippen molar-refractivity contribution in [1.82, 2.24) is 0 Å². The first-order valence-electron chi connectivity index (χ1n) is 14.3. The number of fused-ring (bicyclic) bond motifs is 2. The van der Waals surface area contributed by atoms with Gasteiger partial charge >= 0.3 is 5.97 Å². The highest BCUT2D eigenvalue weighted by Gasteiger charge is 2.34. The van der Waals surface area contributed by atoms with Crippen LogP contribution in [0.15, 0.2) is 59.1 Å². The average molecular weight is 606 g/mol. The molecule has 0 heterocycles. The Morgan fingerprint density at radius 1 is 0.800 bits per heavy atom. The predicted octanol–water partition coefficient (Wildman–Crippen LogP) is 8.63. The van der Waals surface area contributed by atoms with Gasteiger partial charge in [-0.25, -0.2) is 4.79 Å². The van der Waals surface area contributed by atoms with Gasteiger partial charge in [0.1, 0.15) is 0 Å². The van der Waals surface area contributed by atoms with Crippen LogP contribution in [0.4, 0.5) is 17.1 Å². The normalized spacial score (nSPS) is 12.2. The maximum Gasteiger partial charge on any atom is 0.338 e. The van der Waals surface area contributed by atoms with E-state index < -0.39 is 0 Å². The van der Waals surface area contributed by atoms with Gasteiger partial charge in [0.2, 0.25) is 0 Å². The third-order valence-corrected chi connectivity index (χ3v) is 7.95. The Hall–Kier alpha value is -3.45. The summed E-state index contributed by atoms with van der Waals surface area (Å²) < 4.78 is 6.01. The molecular formula is C33H37BrN2O4. The number of rotatable bonds is 14. The van der Waals surface area contributed by atoms with Crippen molar-refractivity contribution in [2.75, 3.05) is 17.7 Å². The summed E-state index contributed by atoms with van der Waals surface area (Å²) in [7, 11) is 0. The molecule has 0 unspecified atom stereocenters. The number of carbonyl (C=O) groups is 3. The molecule has 210 valence electrons. The lowest BCUT2D eigenvalue weighted by molar-refractivity contribution is 0.0497. The SMILES string of the molecule is CCCCCCCCCCCCOC(=O)c1cccc(Nc2cc(Br)c(N)c3c2C(=O)c2ccccc2C3=O)c1. The first-order chi connectivity index (χ1) is 19.4. The lowest BCUT2D eigenvalue weighted by Crippen LogP contribution is -2.24. The van der Waals surface area contributed by atoms with Gasteiger partial charge in [0, 0.05) is 21.3 Å². The molecular weight excluding hydrogens is 568 g/mol. The molecule has 40 heavy (non-hydrogen) atoms. The number of nitrogens with two attached hydrogens (primary N) is 1. The molecule has 3 aromatic rings. The van der Waals surface area contributed by atoms with E-state index in [-0.39, 0.29) is 34.4 Å². The number of hydrogen-bond donors (Lipinski definition) is 2. The summed E-state index contributed by atoms with van der Waals surface area (Å²) in [5, 5.41) is 3.22. The molecule has 0 atom stereocenters. The number of unbranched alkanes of at least 4 members (excludes halogenated alkanes) is 9. The summed E-state index contributed by atoms with van der Waals surface area (Å²) in [6.45, 7) is 2.63. The molecule has 0 aliphatic heterocycles. The van der Waals surface area contributed by atoms with Gasteiger partial charge in [0.15, 0.2) is 11.6 Å². The van der Waals surface area contributed by atoms with Crippen LogP contribution in [0.1, 0.15) is 113 Å². The lowest BCUT2D eigenvalue weighted by Gasteiger charge is -2.23. The maximum absolute atomic E-state index is 13.4. The van der Waals surface area contributed by atoms with Gasteiger partial charge in [0.05, 0.1) is 34.7 Å². The molecule has 0 radical (unpaired) electrons. The summed E-state index contributed by atoms with van der Waals surface area (Å²) in [4.78, 5) is 39.4. The lowest BCUT2D eigenvalue weighted by atomic mass is 9.82. The number of nitrogen functional groups attached to an aromatic ring is 1. The van der Waals surface area contributed by atoms with Crippen LogP contribution in [0.5, 0.6) is 0 Å². The minimum absolute atomic E-state index is 0.174. The van der Waals surface area contributed by atoms with Crippen LogP contribution in [-0.4, -0.2) is 24.1 Å². The average Bonchev–Trinajstić information content (AvgIpc) is 2.96. The third kappa shape index (κ3) is 7.00. The van der Waals surface area contributed by atoms with Gasteiger partial charge in [-0.15, -0.1) is 0 Å². The maximum atomic E-state index is 13.4. The Kier molecular flexibility index (Phi) is 10.5. The van der Waals surface area contributed by atoms with E-state index in [1.54, 1.807) is 54.6 Å². The Labute approximate surface area is 244 Å². The molecule has 6 nitrogen and oxygen atoms in total. The molecule has 0 saturated heterocycles. The van der Waals surface area contributed by atoms with Gasteiger partial charge < -0.3 is 15.8 Å². The number of benzene rings is 3. The largest absolute Gasteiger partial charge is 0.462 e. The molecule has 0 bridgehead atoms. The number of halogens is 1. The number of esters is 1. The molecule has 0 spiro atoms. The van der Waals surface area contributed by atoms with Crippen molar-refractivity contribution in [2.45, 2.75) is 71.1 Å². The molecule has 4 rings (SSSR count). The first kappa shape index (κ1) is 29.5. The zero-order chi connectivity index (χ0) is 28.5. The predicted molar refractivity (Wildman–Crippen MR) is 164 cm³/mol. The van der Waals surface area contributed by atoms with Crippen molar-refractivity contribution in [3.8, 4) is 0 Å². The van der Waals surface area contributed by atoms with Crippen LogP contribution in [0, 0.1) is 0 Å². The Balaban J connectivity index is 1.36. The Bertz CT molecular complexity index is 1380. The highest BCUT2D eigenvalue weighted by Crippen LogP contribution is 2.40. The van der Waals surface area contributed by atoms with Crippen LogP contribution >= 0.6 is 15.9 Å². The quantitative estimate of drug-likeness (QED) is 0.0848. The molecule has 0 saturated carbocycles. The fraction of sp³-hybridized carbons (Fsp3) is 0.364. The van der Waals surface area contributed by atoms with Crippen molar-refractivity contribution in [2.24, 2.45) is 0 Å². The van der Waals surface area contributed by atoms with E-state index in [0.29, 0.717) is 39.1 Å². The van der Waals surface area contributed by atoms with Crippen molar-refractivity contribution < 1.29 is 19.1 Å². The summed E-state index contributed by atoms with van der Waals surface area (Å²) in [5.74, 6) is -0.962. The van der Waals surface area contributed by atoms with E-state index in [9.17, 15) is 14.4 Å². The second kappa shape index (κ2) is 14.3. The van der Waals surface area contributed by atoms with Crippen LogP contribution in [0.3, 0.4) is 0 Å². The van der Waals surface area contributed by atoms with Gasteiger partial charge in [-0.1, -0.05) is 95.0 Å². The Morgan fingerprint density at radius 2 is 1.40 bits per heavy atom. The highest BCUT2D eigenvalue weighted by molar-refractivity contribution is 9.10. The minimum Gasteiger partial charge on any atom is -0.462 e. The second-order valence-corrected chi connectivity index (χ2v) is 11.2. The Morgan fingerprint density at radius 3 is 2.05 bits per heavy atom. The fourth-order valence-corrected chi connectivity index (χ4v) is 5.53. The zero-order valence-corrected chi connectivity index (χ0v) is 24.6. The topological polar surface area (TPSA) is 98.5 Å². The summed E-state index contributed by atoms with van der Waals surface area (Å²) in [6, 6.07) is 15.3. The first-order valence-corrected chi connectivity index (χ1v) is 15.1. The van der Waals surface area contributed by atoms with Crippen molar-refractivity contribution in [3.63, 3.8) is 0 Å². The molecule has 0 aromatic heterocycles. The van der Waals surface area contributed by atoms with E-state index in [2.05, 4.69) is 28.2 Å². The van der Waals surface area contributed by atoms with E-state index in [1.807, 2.05) is 0 Å². The summed E-state index contributed by atoms with van der Waals surface area (Å²) in [5.41, 5.74) is 8.97. The molecule has 0 fully saturated rings. The monoisotopic (exact) mass is 604 g/mol. The number of carbonyl (C=O) groups excluding carboxylic acids is 3. The standard InChI is InChI=1S/C33H37BrN2O4/c1-2-3-4-5-6-7-8-9-10-13-19-40-33(39)22-15-14-16-23(20-22)36-27-21-26(34)30(35)29-28(27)31(37)24-17-11-12-18-25(24)32(29)38/h11-12,14-18,20-21,36H,2-10,13,19,35H2,1H3. The van der Waals surface area contributed by atoms with E-state index >= 15 is 0 Å². The van der Waals surface area contributed by atoms with Gasteiger partial charge in [-0.2, -0.15) is 0 Å². The molecule has 7 heteroatoms. The van der Waals surface area contributed by atoms with Gasteiger partial charge in [-0.05, 0) is 46.6 Å². The number of ketones is 2. The molecule has 3 N–H and O–H groups in total. The van der Waals surface area contributed by atoms with Crippen molar-refractivity contribution in [1.29, 1.82) is 0 Å².